The fraction of sp³-hybridized carbons (Fsp3) is 0.409. The summed E-state index contributed by atoms with van der Waals surface area (Å²) < 4.78 is 12.9. The summed E-state index contributed by atoms with van der Waals surface area (Å²) in [5.74, 6) is 1.62. The third-order valence-electron chi connectivity index (χ3n) is 5.91. The van der Waals surface area contributed by atoms with Crippen molar-refractivity contribution in [1.82, 2.24) is 20.1 Å². The van der Waals surface area contributed by atoms with Gasteiger partial charge in [0.2, 0.25) is 23.0 Å². The van der Waals surface area contributed by atoms with Crippen molar-refractivity contribution >= 4 is 22.4 Å². The van der Waals surface area contributed by atoms with E-state index in [0.717, 1.165) is 64.6 Å². The van der Waals surface area contributed by atoms with Gasteiger partial charge < -0.3 is 19.7 Å². The number of nitrogens with one attached hydrogen (secondary N) is 1. The number of aryl methyl sites for hydroxylation is 2. The van der Waals surface area contributed by atoms with Gasteiger partial charge in [-0.2, -0.15) is 0 Å². The first-order valence-corrected chi connectivity index (χ1v) is 11.3. The van der Waals surface area contributed by atoms with Crippen LogP contribution in [0.4, 0.5) is 5.13 Å². The number of rotatable bonds is 5. The maximum Gasteiger partial charge on any atom is 0.231 e. The summed E-state index contributed by atoms with van der Waals surface area (Å²) in [5.41, 5.74) is 3.31. The summed E-state index contributed by atoms with van der Waals surface area (Å²) >= 11 is 1.60. The van der Waals surface area contributed by atoms with Crippen LogP contribution in [0.3, 0.4) is 0 Å². The number of benzene rings is 1. The Labute approximate surface area is 184 Å². The molecule has 3 aromatic rings. The molecule has 162 valence electrons. The normalized spacial score (nSPS) is 16.0. The highest BCUT2D eigenvalue weighted by Gasteiger charge is 2.27. The first kappa shape index (κ1) is 19.9. The highest BCUT2D eigenvalue weighted by molar-refractivity contribution is 7.17. The number of hydrogen-bond acceptors (Lipinski definition) is 7. The molecule has 4 heterocycles. The molecule has 1 amide bonds. The predicted octanol–water partition coefficient (Wildman–Crippen LogP) is 3.21. The molecule has 8 nitrogen and oxygen atoms in total. The Hall–Kier alpha value is -3.07. The zero-order valence-electron chi connectivity index (χ0n) is 17.6. The first-order chi connectivity index (χ1) is 15.1. The van der Waals surface area contributed by atoms with Gasteiger partial charge in [-0.25, -0.2) is 0 Å². The van der Waals surface area contributed by atoms with Gasteiger partial charge in [-0.15, -0.1) is 10.2 Å². The summed E-state index contributed by atoms with van der Waals surface area (Å²) in [6.07, 6.45) is 1.62. The molecule has 2 aromatic heterocycles. The molecular weight excluding hydrogens is 414 g/mol. The molecule has 2 aliphatic heterocycles. The number of anilines is 1. The maximum atomic E-state index is 12.7. The smallest absolute Gasteiger partial charge is 0.231 e. The second-order valence-electron chi connectivity index (χ2n) is 7.99. The van der Waals surface area contributed by atoms with Crippen LogP contribution in [-0.4, -0.2) is 40.6 Å². The predicted molar refractivity (Wildman–Crippen MR) is 118 cm³/mol. The van der Waals surface area contributed by atoms with Crippen LogP contribution in [0, 0.1) is 19.8 Å². The van der Waals surface area contributed by atoms with Gasteiger partial charge >= 0.3 is 0 Å². The molecule has 0 unspecified atom stereocenters. The summed E-state index contributed by atoms with van der Waals surface area (Å²) in [7, 11) is 0. The molecule has 0 aliphatic carbocycles. The van der Waals surface area contributed by atoms with E-state index >= 15 is 0 Å². The molecule has 9 heteroatoms. The second-order valence-corrected chi connectivity index (χ2v) is 8.92. The van der Waals surface area contributed by atoms with Crippen LogP contribution < -0.4 is 19.7 Å². The van der Waals surface area contributed by atoms with Crippen LogP contribution >= 0.6 is 11.3 Å². The average Bonchev–Trinajstić information content (AvgIpc) is 3.52. The Kier molecular flexibility index (Phi) is 5.27. The van der Waals surface area contributed by atoms with Crippen LogP contribution in [0.5, 0.6) is 11.5 Å². The molecule has 0 saturated carbocycles. The molecule has 0 bridgehead atoms. The number of carbonyl (C=O) groups is 1. The monoisotopic (exact) mass is 439 g/mol. The number of aromatic nitrogens is 3. The van der Waals surface area contributed by atoms with E-state index in [1.807, 2.05) is 18.2 Å². The van der Waals surface area contributed by atoms with E-state index in [2.05, 4.69) is 51.0 Å². The minimum Gasteiger partial charge on any atom is -0.454 e. The molecule has 0 atom stereocenters. The Morgan fingerprint density at radius 3 is 2.55 bits per heavy atom. The standard InChI is InChI=1S/C22H25N5O3S/c1-14-3-4-15(2)27(14)22-25-24-21(31-22)26-9-7-17(8-10-26)20(28)23-12-16-5-6-18-19(11-16)30-13-29-18/h3-6,11,17H,7-10,12-13H2,1-2H3,(H,23,28). The topological polar surface area (TPSA) is 81.5 Å². The fourth-order valence-corrected chi connectivity index (χ4v) is 5.13. The zero-order chi connectivity index (χ0) is 21.4. The maximum absolute atomic E-state index is 12.7. The van der Waals surface area contributed by atoms with Crippen molar-refractivity contribution in [2.24, 2.45) is 5.92 Å². The van der Waals surface area contributed by atoms with E-state index in [4.69, 9.17) is 9.47 Å². The van der Waals surface area contributed by atoms with Gasteiger partial charge in [-0.1, -0.05) is 17.4 Å². The van der Waals surface area contributed by atoms with Crippen molar-refractivity contribution in [3.05, 3.63) is 47.3 Å². The lowest BCUT2D eigenvalue weighted by Gasteiger charge is -2.30. The van der Waals surface area contributed by atoms with Crippen molar-refractivity contribution < 1.29 is 14.3 Å². The van der Waals surface area contributed by atoms with Crippen LogP contribution in [0.1, 0.15) is 29.8 Å². The fourth-order valence-electron chi connectivity index (χ4n) is 4.11. The Bertz CT molecular complexity index is 1080. The van der Waals surface area contributed by atoms with Crippen LogP contribution in [0.2, 0.25) is 0 Å². The highest BCUT2D eigenvalue weighted by Crippen LogP contribution is 2.33. The molecule has 0 spiro atoms. The number of nitrogens with zero attached hydrogens (tertiary/aromatic N) is 4. The van der Waals surface area contributed by atoms with Gasteiger partial charge in [0, 0.05) is 36.9 Å². The molecule has 5 rings (SSSR count). The van der Waals surface area contributed by atoms with Crippen molar-refractivity contribution in [3.8, 4) is 16.6 Å². The van der Waals surface area contributed by atoms with Gasteiger partial charge in [0.1, 0.15) is 0 Å². The lowest BCUT2D eigenvalue weighted by atomic mass is 9.96. The molecule has 31 heavy (non-hydrogen) atoms. The van der Waals surface area contributed by atoms with E-state index in [9.17, 15) is 4.79 Å². The number of fused-ring (bicyclic) bond motifs is 1. The van der Waals surface area contributed by atoms with E-state index in [-0.39, 0.29) is 18.6 Å². The van der Waals surface area contributed by atoms with Crippen molar-refractivity contribution in [2.45, 2.75) is 33.2 Å². The number of amides is 1. The minimum absolute atomic E-state index is 0.0200. The first-order valence-electron chi connectivity index (χ1n) is 10.5. The second kappa shape index (κ2) is 8.22. The van der Waals surface area contributed by atoms with Crippen molar-refractivity contribution in [3.63, 3.8) is 0 Å². The minimum atomic E-state index is 0.0200. The Balaban J connectivity index is 1.15. The SMILES string of the molecule is Cc1ccc(C)n1-c1nnc(N2CCC(C(=O)NCc3ccc4c(c3)OCO4)CC2)s1. The summed E-state index contributed by atoms with van der Waals surface area (Å²) in [6, 6.07) is 9.94. The molecular formula is C22H25N5O3S. The third kappa shape index (κ3) is 3.97. The lowest BCUT2D eigenvalue weighted by Crippen LogP contribution is -2.40. The molecule has 2 aliphatic rings. The molecule has 1 N–H and O–H groups in total. The van der Waals surface area contributed by atoms with E-state index < -0.39 is 0 Å². The van der Waals surface area contributed by atoms with Crippen LogP contribution in [0.25, 0.3) is 5.13 Å². The van der Waals surface area contributed by atoms with Gasteiger partial charge in [0.05, 0.1) is 0 Å². The largest absolute Gasteiger partial charge is 0.454 e. The van der Waals surface area contributed by atoms with Gasteiger partial charge in [0.15, 0.2) is 11.5 Å². The molecule has 0 radical (unpaired) electrons. The third-order valence-corrected chi connectivity index (χ3v) is 6.88. The van der Waals surface area contributed by atoms with Crippen LogP contribution in [0.15, 0.2) is 30.3 Å². The van der Waals surface area contributed by atoms with Crippen molar-refractivity contribution in [2.75, 3.05) is 24.8 Å². The molecule has 1 aromatic carbocycles. The molecule has 1 saturated heterocycles. The quantitative estimate of drug-likeness (QED) is 0.658. The van der Waals surface area contributed by atoms with E-state index in [1.165, 1.54) is 0 Å². The number of piperidine rings is 1. The van der Waals surface area contributed by atoms with E-state index in [1.54, 1.807) is 11.3 Å². The zero-order valence-corrected chi connectivity index (χ0v) is 18.4. The summed E-state index contributed by atoms with van der Waals surface area (Å²) in [6.45, 7) is 6.50. The van der Waals surface area contributed by atoms with Crippen LogP contribution in [-0.2, 0) is 11.3 Å². The summed E-state index contributed by atoms with van der Waals surface area (Å²) in [5, 5.41) is 13.7. The lowest BCUT2D eigenvalue weighted by molar-refractivity contribution is -0.125. The van der Waals surface area contributed by atoms with E-state index in [0.29, 0.717) is 6.54 Å². The summed E-state index contributed by atoms with van der Waals surface area (Å²) in [4.78, 5) is 14.9. The number of ether oxygens (including phenoxy) is 2. The Morgan fingerprint density at radius 1 is 1.06 bits per heavy atom. The van der Waals surface area contributed by atoms with Gasteiger partial charge in [-0.3, -0.25) is 9.36 Å². The Morgan fingerprint density at radius 2 is 1.77 bits per heavy atom. The number of carbonyl (C=O) groups excluding carboxylic acids is 1. The van der Waals surface area contributed by atoms with Gasteiger partial charge in [-0.05, 0) is 56.5 Å². The molecule has 1 fully saturated rings. The average molecular weight is 440 g/mol. The van der Waals surface area contributed by atoms with Crippen molar-refractivity contribution in [1.29, 1.82) is 0 Å². The number of hydrogen-bond donors (Lipinski definition) is 1. The van der Waals surface area contributed by atoms with Gasteiger partial charge in [0.25, 0.3) is 0 Å². The highest BCUT2D eigenvalue weighted by atomic mass is 32.1.